The van der Waals surface area contributed by atoms with E-state index in [2.05, 4.69) is 83.0 Å². The van der Waals surface area contributed by atoms with E-state index in [1.807, 2.05) is 18.2 Å². The Morgan fingerprint density at radius 3 is 1.75 bits per heavy atom. The van der Waals surface area contributed by atoms with Crippen LogP contribution in [0.4, 0.5) is 21.0 Å². The number of aromatic nitrogens is 1. The van der Waals surface area contributed by atoms with Gasteiger partial charge in [-0.15, -0.1) is 0 Å². The van der Waals surface area contributed by atoms with Gasteiger partial charge in [-0.05, 0) is 43.3 Å². The number of urea groups is 2. The molecular formula is C23H28N7O2+. The Balaban J connectivity index is 0.000000395. The maximum absolute atomic E-state index is 9.00. The first kappa shape index (κ1) is 23.7. The van der Waals surface area contributed by atoms with Crippen LogP contribution in [0.1, 0.15) is 6.92 Å². The Kier molecular flexibility index (Phi) is 7.78. The first-order valence-corrected chi connectivity index (χ1v) is 9.75. The Morgan fingerprint density at radius 1 is 0.719 bits per heavy atom. The van der Waals surface area contributed by atoms with E-state index in [0.29, 0.717) is 0 Å². The second kappa shape index (κ2) is 10.5. The highest BCUT2D eigenvalue weighted by Crippen LogP contribution is 2.33. The molecule has 166 valence electrons. The quantitative estimate of drug-likeness (QED) is 0.160. The number of hydrogen-bond donors (Lipinski definition) is 6. The van der Waals surface area contributed by atoms with Crippen LogP contribution in [0.5, 0.6) is 0 Å². The van der Waals surface area contributed by atoms with Crippen molar-refractivity contribution >= 4 is 45.1 Å². The first-order valence-electron chi connectivity index (χ1n) is 9.75. The maximum atomic E-state index is 9.00. The van der Waals surface area contributed by atoms with Crippen LogP contribution in [-0.4, -0.2) is 12.1 Å². The molecular weight excluding hydrogens is 406 g/mol. The van der Waals surface area contributed by atoms with Gasteiger partial charge in [-0.3, -0.25) is 0 Å². The van der Waals surface area contributed by atoms with Crippen molar-refractivity contribution in [3.63, 3.8) is 0 Å². The third-order valence-electron chi connectivity index (χ3n) is 4.53. The first-order chi connectivity index (χ1) is 15.1. The molecule has 0 fully saturated rings. The van der Waals surface area contributed by atoms with E-state index in [4.69, 9.17) is 21.1 Å². The summed E-state index contributed by atoms with van der Waals surface area (Å²) in [4.78, 5) is 18.0. The van der Waals surface area contributed by atoms with Gasteiger partial charge in [0.25, 0.3) is 0 Å². The van der Waals surface area contributed by atoms with Crippen LogP contribution in [0, 0.1) is 0 Å². The number of carbonyl (C=O) groups is 2. The van der Waals surface area contributed by atoms with Crippen LogP contribution in [0.3, 0.4) is 0 Å². The summed E-state index contributed by atoms with van der Waals surface area (Å²) in [7, 11) is 0. The van der Waals surface area contributed by atoms with Gasteiger partial charge in [0.2, 0.25) is 11.2 Å². The van der Waals surface area contributed by atoms with Crippen LogP contribution in [0.25, 0.3) is 32.9 Å². The number of rotatable bonds is 2. The van der Waals surface area contributed by atoms with Gasteiger partial charge in [0.1, 0.15) is 6.54 Å². The Bertz CT molecular complexity index is 1240. The maximum Gasteiger partial charge on any atom is 0.309 e. The van der Waals surface area contributed by atoms with Crippen LogP contribution in [0.15, 0.2) is 66.7 Å². The average molecular weight is 435 g/mol. The second-order valence-electron chi connectivity index (χ2n) is 6.85. The van der Waals surface area contributed by atoms with E-state index in [1.165, 1.54) is 27.4 Å². The minimum absolute atomic E-state index is 0.775. The van der Waals surface area contributed by atoms with Gasteiger partial charge >= 0.3 is 12.1 Å². The molecule has 0 aliphatic rings. The third kappa shape index (κ3) is 5.76. The van der Waals surface area contributed by atoms with Crippen LogP contribution >= 0.6 is 0 Å². The molecule has 0 radical (unpaired) electrons. The van der Waals surface area contributed by atoms with Gasteiger partial charge in [-0.2, -0.15) is 4.57 Å². The number of primary amides is 4. The number of pyridine rings is 1. The zero-order chi connectivity index (χ0) is 23.8. The minimum atomic E-state index is -0.833. The van der Waals surface area contributed by atoms with Gasteiger partial charge in [0, 0.05) is 28.4 Å². The highest BCUT2D eigenvalue weighted by Gasteiger charge is 2.22. The molecule has 1 heterocycles. The fourth-order valence-electron chi connectivity index (χ4n) is 3.49. The standard InChI is InChI=1S/C21H19N3.2CH4N2O/c1-2-24-20-13-16(23)9-11-18(20)17-10-8-15(22)12-19(17)21(24)14-6-4-3-5-7-14;2*2-1(3)4/h3-13,23H,2,22H2,1H3;2*(H4,2,3,4)/p+1. The second-order valence-corrected chi connectivity index (χ2v) is 6.85. The molecule has 4 rings (SSSR count). The van der Waals surface area contributed by atoms with Crippen molar-refractivity contribution in [2.75, 3.05) is 11.5 Å². The number of fused-ring (bicyclic) bond motifs is 3. The molecule has 0 unspecified atom stereocenters. The smallest absolute Gasteiger partial charge is 0.309 e. The summed E-state index contributed by atoms with van der Waals surface area (Å²) in [5, 5.41) is 3.56. The lowest BCUT2D eigenvalue weighted by Gasteiger charge is -2.12. The van der Waals surface area contributed by atoms with E-state index < -0.39 is 12.1 Å². The molecule has 0 saturated carbocycles. The predicted molar refractivity (Wildman–Crippen MR) is 129 cm³/mol. The molecule has 3 aromatic carbocycles. The number of hydrogen-bond acceptors (Lipinski definition) is 4. The minimum Gasteiger partial charge on any atom is -0.399 e. The molecule has 0 atom stereocenters. The molecule has 12 N–H and O–H groups in total. The molecule has 0 spiro atoms. The number of nitrogen functional groups attached to an aromatic ring is 2. The summed E-state index contributed by atoms with van der Waals surface area (Å²) in [5.74, 6) is 0. The largest absolute Gasteiger partial charge is 0.399 e. The SMILES string of the molecule is CC[n+]1c(-c2ccccc2)c2cc(N)ccc2c2ccc(N)cc21.NC(N)=O.NC(N)=O. The third-order valence-corrected chi connectivity index (χ3v) is 4.53. The van der Waals surface area contributed by atoms with E-state index in [1.54, 1.807) is 0 Å². The zero-order valence-electron chi connectivity index (χ0n) is 17.8. The van der Waals surface area contributed by atoms with Gasteiger partial charge in [-0.1, -0.05) is 24.3 Å². The van der Waals surface area contributed by atoms with Gasteiger partial charge in [0.05, 0.1) is 10.8 Å². The topological polar surface area (TPSA) is 194 Å². The number of nitrogens with two attached hydrogens (primary N) is 6. The van der Waals surface area contributed by atoms with E-state index in [-0.39, 0.29) is 0 Å². The van der Waals surface area contributed by atoms with Gasteiger partial charge in [0.15, 0.2) is 0 Å². The van der Waals surface area contributed by atoms with Crippen LogP contribution < -0.4 is 39.0 Å². The molecule has 1 aromatic heterocycles. The van der Waals surface area contributed by atoms with Crippen LogP contribution in [0.2, 0.25) is 0 Å². The van der Waals surface area contributed by atoms with Crippen molar-refractivity contribution in [2.24, 2.45) is 22.9 Å². The Labute approximate surface area is 185 Å². The molecule has 0 aliphatic heterocycles. The average Bonchev–Trinajstić information content (AvgIpc) is 2.72. The molecule has 4 aromatic rings. The van der Waals surface area contributed by atoms with Crippen LogP contribution in [-0.2, 0) is 6.54 Å². The van der Waals surface area contributed by atoms with Crippen molar-refractivity contribution in [2.45, 2.75) is 13.5 Å². The Morgan fingerprint density at radius 2 is 1.22 bits per heavy atom. The molecule has 9 nitrogen and oxygen atoms in total. The number of anilines is 2. The highest BCUT2D eigenvalue weighted by atomic mass is 16.2. The summed E-state index contributed by atoms with van der Waals surface area (Å²) in [6.07, 6.45) is 0. The number of aryl methyl sites for hydroxylation is 1. The fourth-order valence-corrected chi connectivity index (χ4v) is 3.49. The van der Waals surface area contributed by atoms with Crippen molar-refractivity contribution in [1.29, 1.82) is 0 Å². The van der Waals surface area contributed by atoms with Gasteiger partial charge in [-0.25, -0.2) is 9.59 Å². The molecule has 0 saturated heterocycles. The van der Waals surface area contributed by atoms with Crippen molar-refractivity contribution in [3.05, 3.63) is 66.7 Å². The number of carbonyl (C=O) groups excluding carboxylic acids is 2. The molecule has 0 bridgehead atoms. The number of nitrogens with zero attached hydrogens (tertiary/aromatic N) is 1. The summed E-state index contributed by atoms with van der Waals surface area (Å²) < 4.78 is 2.32. The molecule has 32 heavy (non-hydrogen) atoms. The molecule has 9 heteroatoms. The van der Waals surface area contributed by atoms with E-state index in [9.17, 15) is 0 Å². The van der Waals surface area contributed by atoms with Crippen molar-refractivity contribution in [1.82, 2.24) is 0 Å². The monoisotopic (exact) mass is 434 g/mol. The van der Waals surface area contributed by atoms with Gasteiger partial charge < -0.3 is 34.4 Å². The molecule has 4 amide bonds. The predicted octanol–water partition coefficient (Wildman–Crippen LogP) is 2.18. The van der Waals surface area contributed by atoms with Crippen molar-refractivity contribution < 1.29 is 14.2 Å². The number of amides is 4. The Hall–Kier alpha value is -4.53. The molecule has 0 aliphatic carbocycles. The van der Waals surface area contributed by atoms with E-state index in [0.717, 1.165) is 23.4 Å². The highest BCUT2D eigenvalue weighted by molar-refractivity contribution is 6.10. The number of benzene rings is 3. The normalized spacial score (nSPS) is 9.91. The van der Waals surface area contributed by atoms with E-state index >= 15 is 0 Å². The fraction of sp³-hybridized carbons (Fsp3) is 0.0870. The summed E-state index contributed by atoms with van der Waals surface area (Å²) in [5.41, 5.74) is 34.2. The summed E-state index contributed by atoms with van der Waals surface area (Å²) >= 11 is 0. The lowest BCUT2D eigenvalue weighted by molar-refractivity contribution is -0.655. The zero-order valence-corrected chi connectivity index (χ0v) is 17.8. The summed E-state index contributed by atoms with van der Waals surface area (Å²) in [6, 6.07) is 21.0. The summed E-state index contributed by atoms with van der Waals surface area (Å²) in [6.45, 7) is 3.02. The lowest BCUT2D eigenvalue weighted by Crippen LogP contribution is -2.36. The lowest BCUT2D eigenvalue weighted by atomic mass is 9.98. The van der Waals surface area contributed by atoms with Crippen molar-refractivity contribution in [3.8, 4) is 11.3 Å².